The summed E-state index contributed by atoms with van der Waals surface area (Å²) in [6.07, 6.45) is 9.27. The highest BCUT2D eigenvalue weighted by molar-refractivity contribution is 6.31. The van der Waals surface area contributed by atoms with E-state index in [0.29, 0.717) is 69.0 Å². The molecule has 0 aliphatic heterocycles. The number of nitrogens with one attached hydrogen (secondary N) is 3. The number of hydrogen-bond donors (Lipinski definition) is 4. The fourth-order valence-corrected chi connectivity index (χ4v) is 10.1. The molecule has 1 amide bonds. The lowest BCUT2D eigenvalue weighted by atomic mass is 9.69. The average molecular weight is 1050 g/mol. The quantitative estimate of drug-likeness (QED) is 0.0456. The predicted molar refractivity (Wildman–Crippen MR) is 281 cm³/mol. The summed E-state index contributed by atoms with van der Waals surface area (Å²) in [5.41, 5.74) is 2.53. The number of halogens is 4. The van der Waals surface area contributed by atoms with Gasteiger partial charge in [-0.1, -0.05) is 47.5 Å². The minimum atomic E-state index is -0.736. The standard InChI is InChI=1S/C28H32ClFN6O2.C26H32ClFN6O2/c1-18-34-35-26(37-18)28(14-11-20(12-15-28)38-22-9-6-8-21(29)25(22)30)17-19-7-5-10-23(32-19)33-24-13-16-31-36(24)27(2,3)4;1-25(2,3)34-22(12-15-30-34)32-21-9-4-6-17(31-21)16-26(24(35)33-29)13-10-18(11-14-26)36-20-8-5-7-19(27)23(20)28/h5-10,13,16,20H,11-12,14-15,17H2,1-4H3,(H,32,33);4-9,12,15,18H,10-11,13-14,16,29H2,1-3H3,(H,31,32)(H,33,35). The van der Waals surface area contributed by atoms with E-state index >= 15 is 0 Å². The highest BCUT2D eigenvalue weighted by Gasteiger charge is 2.44. The number of pyridine rings is 2. The summed E-state index contributed by atoms with van der Waals surface area (Å²) in [5.74, 6) is 8.77. The maximum atomic E-state index is 14.4. The molecule has 5 heterocycles. The van der Waals surface area contributed by atoms with Gasteiger partial charge >= 0.3 is 0 Å². The van der Waals surface area contributed by atoms with Crippen LogP contribution in [0.3, 0.4) is 0 Å². The van der Waals surface area contributed by atoms with Gasteiger partial charge in [-0.2, -0.15) is 10.2 Å². The molecule has 2 aromatic carbocycles. The van der Waals surface area contributed by atoms with Crippen LogP contribution >= 0.6 is 23.2 Å². The van der Waals surface area contributed by atoms with Gasteiger partial charge in [0.25, 0.3) is 0 Å². The molecule has 9 rings (SSSR count). The molecule has 5 N–H and O–H groups in total. The number of nitrogens with zero attached hydrogens (tertiary/aromatic N) is 8. The van der Waals surface area contributed by atoms with Gasteiger partial charge in [-0.05, 0) is 141 Å². The molecule has 0 spiro atoms. The first-order valence-electron chi connectivity index (χ1n) is 24.8. The van der Waals surface area contributed by atoms with Crippen LogP contribution in [0.15, 0.2) is 102 Å². The van der Waals surface area contributed by atoms with E-state index in [9.17, 15) is 13.6 Å². The van der Waals surface area contributed by atoms with Gasteiger partial charge in [0.2, 0.25) is 17.7 Å². The molecule has 0 radical (unpaired) electrons. The van der Waals surface area contributed by atoms with Crippen LogP contribution in [0.25, 0.3) is 0 Å². The molecule has 2 aliphatic carbocycles. The normalized spacial score (nSPS) is 20.0. The number of aryl methyl sites for hydroxylation is 1. The van der Waals surface area contributed by atoms with E-state index in [2.05, 4.69) is 78.0 Å². The van der Waals surface area contributed by atoms with Crippen LogP contribution in [0.2, 0.25) is 10.0 Å². The molecule has 0 atom stereocenters. The Morgan fingerprint density at radius 2 is 1.15 bits per heavy atom. The van der Waals surface area contributed by atoms with Gasteiger partial charge in [0.05, 0.1) is 56.6 Å². The van der Waals surface area contributed by atoms with Crippen LogP contribution in [0, 0.1) is 24.0 Å². The van der Waals surface area contributed by atoms with Gasteiger partial charge in [-0.25, -0.2) is 34.0 Å². The van der Waals surface area contributed by atoms with Gasteiger partial charge in [0.15, 0.2) is 23.1 Å². The number of aromatic nitrogens is 8. The van der Waals surface area contributed by atoms with Crippen LogP contribution in [-0.4, -0.2) is 57.8 Å². The van der Waals surface area contributed by atoms with Gasteiger partial charge in [-0.3, -0.25) is 10.2 Å². The van der Waals surface area contributed by atoms with E-state index < -0.39 is 22.5 Å². The Balaban J connectivity index is 0.000000197. The van der Waals surface area contributed by atoms with Crippen molar-refractivity contribution in [2.75, 3.05) is 10.6 Å². The molecular weight excluding hydrogens is 990 g/mol. The number of carbonyl (C=O) groups excluding carboxylic acids is 1. The number of hydrazine groups is 1. The van der Waals surface area contributed by atoms with Gasteiger partial charge < -0.3 is 24.5 Å². The summed E-state index contributed by atoms with van der Waals surface area (Å²) in [6.45, 7) is 14.3. The van der Waals surface area contributed by atoms with Gasteiger partial charge in [0.1, 0.15) is 23.3 Å². The Bertz CT molecular complexity index is 3020. The smallest absolute Gasteiger partial charge is 0.240 e. The number of benzene rings is 2. The molecule has 2 saturated carbocycles. The van der Waals surface area contributed by atoms with Gasteiger partial charge in [0, 0.05) is 43.3 Å². The van der Waals surface area contributed by atoms with Crippen molar-refractivity contribution in [3.8, 4) is 11.5 Å². The molecule has 0 unspecified atom stereocenters. The summed E-state index contributed by atoms with van der Waals surface area (Å²) >= 11 is 11.8. The first-order chi connectivity index (χ1) is 35.2. The second-order valence-corrected chi connectivity index (χ2v) is 21.9. The van der Waals surface area contributed by atoms with E-state index in [4.69, 9.17) is 52.9 Å². The van der Waals surface area contributed by atoms with Crippen molar-refractivity contribution in [2.24, 2.45) is 11.3 Å². The maximum absolute atomic E-state index is 14.4. The lowest BCUT2D eigenvalue weighted by Gasteiger charge is -2.38. The van der Waals surface area contributed by atoms with E-state index in [1.165, 1.54) is 12.1 Å². The Labute approximate surface area is 440 Å². The largest absolute Gasteiger partial charge is 0.487 e. The minimum absolute atomic E-state index is 0.0188. The van der Waals surface area contributed by atoms with E-state index in [1.54, 1.807) is 43.6 Å². The second kappa shape index (κ2) is 22.5. The van der Waals surface area contributed by atoms with E-state index in [0.717, 1.165) is 41.7 Å². The number of amides is 1. The highest BCUT2D eigenvalue weighted by atomic mass is 35.5. The monoisotopic (exact) mass is 1050 g/mol. The zero-order valence-corrected chi connectivity index (χ0v) is 44.3. The number of nitrogens with two attached hydrogens (primary N) is 1. The van der Waals surface area contributed by atoms with Crippen molar-refractivity contribution in [2.45, 2.75) is 141 Å². The van der Waals surface area contributed by atoms with Crippen LogP contribution in [-0.2, 0) is 34.1 Å². The lowest BCUT2D eigenvalue weighted by molar-refractivity contribution is -0.134. The highest BCUT2D eigenvalue weighted by Crippen LogP contribution is 2.44. The van der Waals surface area contributed by atoms with E-state index in [1.807, 2.05) is 57.9 Å². The third-order valence-electron chi connectivity index (χ3n) is 13.5. The molecule has 2 aliphatic rings. The summed E-state index contributed by atoms with van der Waals surface area (Å²) in [6, 6.07) is 25.0. The van der Waals surface area contributed by atoms with Crippen LogP contribution in [0.5, 0.6) is 11.5 Å². The second-order valence-electron chi connectivity index (χ2n) is 21.1. The Morgan fingerprint density at radius 3 is 1.59 bits per heavy atom. The first-order valence-corrected chi connectivity index (χ1v) is 25.6. The molecule has 20 heteroatoms. The first kappa shape index (κ1) is 53.7. The molecule has 74 heavy (non-hydrogen) atoms. The zero-order valence-electron chi connectivity index (χ0n) is 42.8. The van der Waals surface area contributed by atoms with Crippen LogP contribution in [0.4, 0.5) is 32.1 Å². The van der Waals surface area contributed by atoms with Crippen molar-refractivity contribution in [3.05, 3.63) is 142 Å². The lowest BCUT2D eigenvalue weighted by Crippen LogP contribution is -2.48. The molecule has 7 aromatic rings. The van der Waals surface area contributed by atoms with Crippen molar-refractivity contribution in [1.82, 2.24) is 45.2 Å². The molecular formula is C54H64Cl2F2N12O4. The zero-order chi connectivity index (χ0) is 52.8. The van der Waals surface area contributed by atoms with Crippen molar-refractivity contribution >= 4 is 52.4 Å². The van der Waals surface area contributed by atoms with Crippen molar-refractivity contribution in [1.29, 1.82) is 0 Å². The van der Waals surface area contributed by atoms with Gasteiger partial charge in [-0.15, -0.1) is 10.2 Å². The molecule has 2 fully saturated rings. The summed E-state index contributed by atoms with van der Waals surface area (Å²) in [7, 11) is 0. The topological polar surface area (TPSA) is 198 Å². The summed E-state index contributed by atoms with van der Waals surface area (Å²) in [5, 5.41) is 24.2. The minimum Gasteiger partial charge on any atom is -0.487 e. The molecule has 0 saturated heterocycles. The van der Waals surface area contributed by atoms with Crippen molar-refractivity contribution < 1.29 is 27.5 Å². The Kier molecular flexibility index (Phi) is 16.3. The van der Waals surface area contributed by atoms with Crippen LogP contribution in [0.1, 0.15) is 116 Å². The Hall–Kier alpha value is -6.63. The fraction of sp³-hybridized carbons (Fsp3) is 0.426. The third kappa shape index (κ3) is 12.6. The Morgan fingerprint density at radius 1 is 0.689 bits per heavy atom. The number of carbonyl (C=O) groups is 1. The number of hydrogen-bond acceptors (Lipinski definition) is 13. The fourth-order valence-electron chi connectivity index (χ4n) is 9.76. The number of ether oxygens (including phenoxy) is 2. The molecule has 5 aromatic heterocycles. The molecule has 0 bridgehead atoms. The maximum Gasteiger partial charge on any atom is 0.240 e. The summed E-state index contributed by atoms with van der Waals surface area (Å²) < 4.78 is 50.4. The number of rotatable bonds is 14. The molecule has 16 nitrogen and oxygen atoms in total. The average Bonchev–Trinajstić information content (AvgIpc) is 4.16. The third-order valence-corrected chi connectivity index (χ3v) is 14.1. The van der Waals surface area contributed by atoms with Crippen molar-refractivity contribution in [3.63, 3.8) is 0 Å². The van der Waals surface area contributed by atoms with E-state index in [-0.39, 0.29) is 50.7 Å². The molecule has 392 valence electrons. The predicted octanol–water partition coefficient (Wildman–Crippen LogP) is 11.9. The summed E-state index contributed by atoms with van der Waals surface area (Å²) in [4.78, 5) is 22.6. The van der Waals surface area contributed by atoms with Crippen LogP contribution < -0.4 is 31.4 Å². The number of anilines is 4. The SMILES string of the molecule is CC(C)(C)n1nccc1Nc1cccc(CC2(C(=O)NN)CCC(Oc3cccc(Cl)c3F)CC2)n1.Cc1nnc(C2(Cc3cccc(Nc4ccnn4C(C)(C)C)n3)CCC(Oc3cccc(Cl)c3F)CC2)o1.